The number of amides is 1. The lowest BCUT2D eigenvalue weighted by atomic mass is 9.97. The summed E-state index contributed by atoms with van der Waals surface area (Å²) in [4.78, 5) is 20.2. The van der Waals surface area contributed by atoms with E-state index in [-0.39, 0.29) is 23.3 Å². The van der Waals surface area contributed by atoms with Crippen molar-refractivity contribution in [2.24, 2.45) is 0 Å². The monoisotopic (exact) mass is 373 g/mol. The molecule has 1 heterocycles. The van der Waals surface area contributed by atoms with Crippen molar-refractivity contribution in [3.8, 4) is 11.5 Å². The van der Waals surface area contributed by atoms with Crippen molar-refractivity contribution in [2.75, 3.05) is 7.11 Å². The van der Waals surface area contributed by atoms with Gasteiger partial charge >= 0.3 is 0 Å². The number of methoxy groups -OCH3 is 1. The molecule has 4 aromatic rings. The Morgan fingerprint density at radius 3 is 2.64 bits per heavy atom. The van der Waals surface area contributed by atoms with Crippen LogP contribution in [0, 0.1) is 0 Å². The van der Waals surface area contributed by atoms with Crippen LogP contribution >= 0.6 is 0 Å². The molecule has 4 rings (SSSR count). The molecule has 0 spiro atoms. The number of benzene rings is 3. The van der Waals surface area contributed by atoms with Gasteiger partial charge in [-0.1, -0.05) is 36.4 Å². The Morgan fingerprint density at radius 2 is 1.89 bits per heavy atom. The fourth-order valence-corrected chi connectivity index (χ4v) is 3.18. The molecule has 1 aromatic heterocycles. The lowest BCUT2D eigenvalue weighted by molar-refractivity contribution is 0.0940. The minimum absolute atomic E-state index is 0.132. The number of nitrogens with zero attached hydrogens (tertiary/aromatic N) is 1. The second kappa shape index (κ2) is 7.44. The number of phenolic OH excluding ortho intramolecular Hbond substituents is 1. The van der Waals surface area contributed by atoms with E-state index in [0.717, 1.165) is 22.2 Å². The summed E-state index contributed by atoms with van der Waals surface area (Å²) >= 11 is 0. The number of phenols is 1. The second-order valence-electron chi connectivity index (χ2n) is 6.38. The van der Waals surface area contributed by atoms with Crippen LogP contribution in [-0.2, 0) is 0 Å². The summed E-state index contributed by atoms with van der Waals surface area (Å²) in [5, 5.41) is 13.2. The number of ether oxygens (including phenoxy) is 1. The third kappa shape index (κ3) is 3.40. The smallest absolute Gasteiger partial charge is 0.255 e. The lowest BCUT2D eigenvalue weighted by Crippen LogP contribution is -2.29. The number of H-pyrrole nitrogens is 1. The Hall–Kier alpha value is -3.80. The van der Waals surface area contributed by atoms with Crippen molar-refractivity contribution in [2.45, 2.75) is 6.04 Å². The Balaban J connectivity index is 1.71. The summed E-state index contributed by atoms with van der Waals surface area (Å²) in [6, 6.07) is 19.7. The first-order chi connectivity index (χ1) is 13.7. The number of rotatable bonds is 5. The van der Waals surface area contributed by atoms with Crippen molar-refractivity contribution in [1.29, 1.82) is 0 Å². The van der Waals surface area contributed by atoms with Gasteiger partial charge in [0.25, 0.3) is 5.91 Å². The van der Waals surface area contributed by atoms with E-state index in [4.69, 9.17) is 4.74 Å². The maximum atomic E-state index is 12.9. The number of aromatic nitrogens is 2. The van der Waals surface area contributed by atoms with Gasteiger partial charge in [0, 0.05) is 6.07 Å². The molecule has 0 aliphatic rings. The van der Waals surface area contributed by atoms with Crippen molar-refractivity contribution in [3.05, 3.63) is 89.7 Å². The molecule has 6 nitrogen and oxygen atoms in total. The lowest BCUT2D eigenvalue weighted by Gasteiger charge is -2.20. The average Bonchev–Trinajstić information content (AvgIpc) is 3.20. The molecule has 0 aliphatic heterocycles. The predicted octanol–water partition coefficient (Wildman–Crippen LogP) is 3.80. The topological polar surface area (TPSA) is 87.2 Å². The summed E-state index contributed by atoms with van der Waals surface area (Å²) in [5.41, 5.74) is 3.77. The van der Waals surface area contributed by atoms with Gasteiger partial charge in [0.15, 0.2) is 0 Å². The highest BCUT2D eigenvalue weighted by atomic mass is 16.5. The zero-order valence-corrected chi connectivity index (χ0v) is 15.2. The highest BCUT2D eigenvalue weighted by Gasteiger charge is 2.20. The van der Waals surface area contributed by atoms with Crippen LogP contribution in [0.4, 0.5) is 0 Å². The number of carbonyl (C=O) groups is 1. The van der Waals surface area contributed by atoms with Gasteiger partial charge in [-0.05, 0) is 35.4 Å². The number of imidazole rings is 1. The molecular weight excluding hydrogens is 354 g/mol. The van der Waals surface area contributed by atoms with Crippen LogP contribution in [0.5, 0.6) is 11.5 Å². The van der Waals surface area contributed by atoms with E-state index in [2.05, 4.69) is 15.3 Å². The van der Waals surface area contributed by atoms with Gasteiger partial charge in [0.05, 0.1) is 36.1 Å². The van der Waals surface area contributed by atoms with Gasteiger partial charge in [-0.15, -0.1) is 0 Å². The molecule has 28 heavy (non-hydrogen) atoms. The van der Waals surface area contributed by atoms with Crippen molar-refractivity contribution >= 4 is 16.9 Å². The van der Waals surface area contributed by atoms with Crippen molar-refractivity contribution < 1.29 is 14.6 Å². The first-order valence-electron chi connectivity index (χ1n) is 8.81. The first kappa shape index (κ1) is 17.6. The largest absolute Gasteiger partial charge is 0.507 e. The zero-order chi connectivity index (χ0) is 19.5. The number of fused-ring (bicyclic) bond motifs is 1. The van der Waals surface area contributed by atoms with Crippen LogP contribution in [0.2, 0.25) is 0 Å². The van der Waals surface area contributed by atoms with Crippen LogP contribution in [0.15, 0.2) is 73.1 Å². The molecule has 1 unspecified atom stereocenters. The minimum Gasteiger partial charge on any atom is -0.507 e. The quantitative estimate of drug-likeness (QED) is 0.497. The van der Waals surface area contributed by atoms with Gasteiger partial charge in [0.1, 0.15) is 11.5 Å². The Kier molecular flexibility index (Phi) is 4.68. The third-order valence-electron chi connectivity index (χ3n) is 4.64. The molecule has 3 N–H and O–H groups in total. The van der Waals surface area contributed by atoms with E-state index in [9.17, 15) is 9.90 Å². The number of aromatic hydroxyl groups is 1. The molecule has 1 amide bonds. The summed E-state index contributed by atoms with van der Waals surface area (Å²) in [5.74, 6) is -0.0234. The molecule has 6 heteroatoms. The second-order valence-corrected chi connectivity index (χ2v) is 6.38. The molecule has 1 atom stereocenters. The van der Waals surface area contributed by atoms with E-state index in [1.807, 2.05) is 48.5 Å². The third-order valence-corrected chi connectivity index (χ3v) is 4.64. The van der Waals surface area contributed by atoms with E-state index in [0.29, 0.717) is 5.75 Å². The minimum atomic E-state index is -0.386. The first-order valence-corrected chi connectivity index (χ1v) is 8.81. The van der Waals surface area contributed by atoms with Crippen molar-refractivity contribution in [3.63, 3.8) is 0 Å². The number of hydrogen-bond acceptors (Lipinski definition) is 4. The van der Waals surface area contributed by atoms with Crippen LogP contribution in [0.25, 0.3) is 11.0 Å². The molecule has 0 saturated heterocycles. The zero-order valence-electron chi connectivity index (χ0n) is 15.2. The highest BCUT2D eigenvalue weighted by molar-refractivity contribution is 5.97. The van der Waals surface area contributed by atoms with Crippen LogP contribution in [-0.4, -0.2) is 28.1 Å². The average molecular weight is 373 g/mol. The standard InChI is InChI=1S/C22H19N3O3/c1-28-16-8-9-17(20(26)12-16)22(27)25-21(14-5-3-2-4-6-14)15-7-10-18-19(11-15)24-13-23-18/h2-13,21,26H,1H3,(H,23,24)(H,25,27). The van der Waals surface area contributed by atoms with Gasteiger partial charge < -0.3 is 20.1 Å². The fourth-order valence-electron chi connectivity index (χ4n) is 3.18. The fraction of sp³-hybridized carbons (Fsp3) is 0.0909. The summed E-state index contributed by atoms with van der Waals surface area (Å²) < 4.78 is 5.08. The highest BCUT2D eigenvalue weighted by Crippen LogP contribution is 2.27. The van der Waals surface area contributed by atoms with Crippen molar-refractivity contribution in [1.82, 2.24) is 15.3 Å². The Bertz CT molecular complexity index is 1120. The summed E-state index contributed by atoms with van der Waals surface area (Å²) in [7, 11) is 1.51. The molecule has 0 aliphatic carbocycles. The summed E-state index contributed by atoms with van der Waals surface area (Å²) in [6.07, 6.45) is 1.64. The Morgan fingerprint density at radius 1 is 1.07 bits per heavy atom. The van der Waals surface area contributed by atoms with Gasteiger partial charge in [-0.2, -0.15) is 0 Å². The van der Waals surface area contributed by atoms with E-state index < -0.39 is 0 Å². The molecule has 0 radical (unpaired) electrons. The molecular formula is C22H19N3O3. The summed E-state index contributed by atoms with van der Waals surface area (Å²) in [6.45, 7) is 0. The molecule has 0 saturated carbocycles. The number of carbonyl (C=O) groups excluding carboxylic acids is 1. The van der Waals surface area contributed by atoms with Crippen LogP contribution < -0.4 is 10.1 Å². The normalized spacial score (nSPS) is 11.9. The number of aromatic amines is 1. The molecule has 3 aromatic carbocycles. The molecule has 140 valence electrons. The van der Waals surface area contributed by atoms with E-state index >= 15 is 0 Å². The van der Waals surface area contributed by atoms with Crippen LogP contribution in [0.1, 0.15) is 27.5 Å². The molecule has 0 fully saturated rings. The van der Waals surface area contributed by atoms with Gasteiger partial charge in [-0.25, -0.2) is 4.98 Å². The maximum Gasteiger partial charge on any atom is 0.255 e. The van der Waals surface area contributed by atoms with Crippen LogP contribution in [0.3, 0.4) is 0 Å². The number of hydrogen-bond donors (Lipinski definition) is 3. The van der Waals surface area contributed by atoms with E-state index in [1.54, 1.807) is 18.5 Å². The SMILES string of the molecule is COc1ccc(C(=O)NC(c2ccccc2)c2ccc3nc[nH]c3c2)c(O)c1. The maximum absolute atomic E-state index is 12.9. The Labute approximate surface area is 161 Å². The van der Waals surface area contributed by atoms with E-state index in [1.165, 1.54) is 13.2 Å². The molecule has 0 bridgehead atoms. The van der Waals surface area contributed by atoms with Gasteiger partial charge in [-0.3, -0.25) is 4.79 Å². The van der Waals surface area contributed by atoms with Gasteiger partial charge in [0.2, 0.25) is 0 Å². The number of nitrogens with one attached hydrogen (secondary N) is 2. The predicted molar refractivity (Wildman–Crippen MR) is 107 cm³/mol.